The van der Waals surface area contributed by atoms with Gasteiger partial charge < -0.3 is 9.94 Å². The molecule has 1 saturated heterocycles. The molecule has 0 bridgehead atoms. The van der Waals surface area contributed by atoms with E-state index >= 15 is 0 Å². The van der Waals surface area contributed by atoms with Gasteiger partial charge in [-0.25, -0.2) is 0 Å². The second-order valence-electron chi connectivity index (χ2n) is 9.26. The van der Waals surface area contributed by atoms with Crippen LogP contribution in [0.5, 0.6) is 0 Å². The van der Waals surface area contributed by atoms with Gasteiger partial charge in [-0.3, -0.25) is 0 Å². The Morgan fingerprint density at radius 1 is 1.05 bits per heavy atom. The van der Waals surface area contributed by atoms with Crippen molar-refractivity contribution in [3.63, 3.8) is 0 Å². The van der Waals surface area contributed by atoms with Gasteiger partial charge in [0.05, 0.1) is 11.8 Å². The van der Waals surface area contributed by atoms with Gasteiger partial charge in [-0.15, -0.1) is 0 Å². The topological polar surface area (TPSA) is 45.1 Å². The fourth-order valence-electron chi connectivity index (χ4n) is 7.70. The Hall–Kier alpha value is -0.570. The normalized spacial score (nSPS) is 61.1. The van der Waals surface area contributed by atoms with E-state index in [1.165, 1.54) is 51.4 Å². The molecule has 7 atom stereocenters. The molecule has 5 aliphatic rings. The number of rotatable bonds is 0. The molecule has 0 aromatic carbocycles. The summed E-state index contributed by atoms with van der Waals surface area (Å²) in [5, 5.41) is 13.1. The van der Waals surface area contributed by atoms with Crippen molar-refractivity contribution in [3.05, 3.63) is 0 Å². The van der Waals surface area contributed by atoms with Crippen molar-refractivity contribution in [1.82, 2.24) is 0 Å². The van der Waals surface area contributed by atoms with Crippen molar-refractivity contribution in [3.8, 4) is 0 Å². The zero-order chi connectivity index (χ0) is 15.2. The van der Waals surface area contributed by atoms with Crippen molar-refractivity contribution in [1.29, 1.82) is 0 Å². The van der Waals surface area contributed by atoms with Crippen LogP contribution in [-0.2, 0) is 4.74 Å². The molecule has 0 radical (unpaired) electrons. The number of hydrogen-bond donors (Lipinski definition) is 1. The number of fused-ring (bicyclic) bond motifs is 4. The van der Waals surface area contributed by atoms with Crippen molar-refractivity contribution in [2.45, 2.75) is 83.3 Å². The van der Waals surface area contributed by atoms with Crippen LogP contribution in [0.4, 0.5) is 0 Å². The van der Waals surface area contributed by atoms with Crippen molar-refractivity contribution < 1.29 is 9.94 Å². The van der Waals surface area contributed by atoms with Gasteiger partial charge in [0, 0.05) is 10.8 Å². The average molecular weight is 303 g/mol. The minimum atomic E-state index is 0.176. The van der Waals surface area contributed by atoms with Gasteiger partial charge in [0.2, 0.25) is 0 Å². The predicted molar refractivity (Wildman–Crippen MR) is 85.1 cm³/mol. The fraction of sp³-hybridized carbons (Fsp3) is 0.947. The molecule has 0 aromatic heterocycles. The molecule has 1 N–H and O–H groups in total. The Morgan fingerprint density at radius 2 is 1.91 bits per heavy atom. The monoisotopic (exact) mass is 303 g/mol. The van der Waals surface area contributed by atoms with E-state index in [1.807, 2.05) is 0 Å². The summed E-state index contributed by atoms with van der Waals surface area (Å²) >= 11 is 0. The lowest BCUT2D eigenvalue weighted by Gasteiger charge is -2.58. The van der Waals surface area contributed by atoms with E-state index in [1.54, 1.807) is 0 Å². The smallest absolute Gasteiger partial charge is 0.100 e. The minimum Gasteiger partial charge on any atom is -0.411 e. The minimum absolute atomic E-state index is 0.176. The van der Waals surface area contributed by atoms with Gasteiger partial charge in [0.25, 0.3) is 0 Å². The maximum atomic E-state index is 9.42. The van der Waals surface area contributed by atoms with Crippen LogP contribution in [0.1, 0.15) is 71.6 Å². The molecule has 0 unspecified atom stereocenters. The quantitative estimate of drug-likeness (QED) is 0.410. The molecule has 3 heteroatoms. The number of ether oxygens (including phenoxy) is 1. The van der Waals surface area contributed by atoms with Crippen molar-refractivity contribution in [2.75, 3.05) is 0 Å². The lowest BCUT2D eigenvalue weighted by Crippen LogP contribution is -2.57. The van der Waals surface area contributed by atoms with E-state index in [-0.39, 0.29) is 11.0 Å². The highest BCUT2D eigenvalue weighted by Gasteiger charge is 2.73. The second-order valence-corrected chi connectivity index (χ2v) is 9.26. The van der Waals surface area contributed by atoms with Crippen LogP contribution in [-0.4, -0.2) is 22.6 Å². The first kappa shape index (κ1) is 13.8. The van der Waals surface area contributed by atoms with E-state index in [4.69, 9.17) is 4.74 Å². The van der Waals surface area contributed by atoms with Gasteiger partial charge >= 0.3 is 0 Å². The largest absolute Gasteiger partial charge is 0.411 e. The lowest BCUT2D eigenvalue weighted by atomic mass is 9.45. The first-order valence-electron chi connectivity index (χ1n) is 9.44. The predicted octanol–water partition coefficient (Wildman–Crippen LogP) is 4.38. The molecule has 22 heavy (non-hydrogen) atoms. The molecule has 3 nitrogen and oxygen atoms in total. The molecular formula is C19H29NO2. The maximum absolute atomic E-state index is 9.42. The summed E-state index contributed by atoms with van der Waals surface area (Å²) in [6.45, 7) is 4.93. The Labute approximate surface area is 133 Å². The molecule has 5 rings (SSSR count). The second kappa shape index (κ2) is 4.09. The number of hydrogen-bond acceptors (Lipinski definition) is 3. The zero-order valence-electron chi connectivity index (χ0n) is 14.0. The Kier molecular flexibility index (Phi) is 2.57. The Bertz CT molecular complexity index is 546. The number of nitrogens with zero attached hydrogens (tertiary/aromatic N) is 1. The molecule has 1 aliphatic heterocycles. The van der Waals surface area contributed by atoms with E-state index in [0.29, 0.717) is 11.5 Å². The van der Waals surface area contributed by atoms with Crippen LogP contribution in [0.3, 0.4) is 0 Å². The molecular weight excluding hydrogens is 274 g/mol. The summed E-state index contributed by atoms with van der Waals surface area (Å²) in [5.74, 6) is 2.41. The van der Waals surface area contributed by atoms with E-state index in [2.05, 4.69) is 19.0 Å². The summed E-state index contributed by atoms with van der Waals surface area (Å²) < 4.78 is 6.34. The fourth-order valence-corrected chi connectivity index (χ4v) is 7.70. The number of epoxide rings is 1. The molecule has 1 heterocycles. The summed E-state index contributed by atoms with van der Waals surface area (Å²) in [7, 11) is 0. The van der Waals surface area contributed by atoms with E-state index in [9.17, 15) is 5.21 Å². The van der Waals surface area contributed by atoms with Crippen molar-refractivity contribution in [2.24, 2.45) is 33.7 Å². The summed E-state index contributed by atoms with van der Waals surface area (Å²) in [4.78, 5) is 0. The zero-order valence-corrected chi connectivity index (χ0v) is 14.0. The third-order valence-corrected chi connectivity index (χ3v) is 8.91. The molecule has 4 aliphatic carbocycles. The maximum Gasteiger partial charge on any atom is 0.100 e. The van der Waals surface area contributed by atoms with Gasteiger partial charge in [-0.05, 0) is 69.1 Å². The standard InChI is InChI=1S/C19H29NO2/c1-17-10-8-14-12(13(17)5-6-15(17)20-21)7-11-19-16(22-19)4-3-9-18(14,19)2/h12-14,16,21H,3-11H2,1-2H3/b20-15+/t12-,13-,14-,16+,17-,18+,19+/m0/s1. The molecule has 1 spiro atoms. The average Bonchev–Trinajstić information content (AvgIpc) is 3.13. The third-order valence-electron chi connectivity index (χ3n) is 8.91. The Morgan fingerprint density at radius 3 is 2.73 bits per heavy atom. The van der Waals surface area contributed by atoms with Crippen LogP contribution in [0.25, 0.3) is 0 Å². The van der Waals surface area contributed by atoms with Gasteiger partial charge in [0.15, 0.2) is 0 Å². The van der Waals surface area contributed by atoms with Crippen LogP contribution < -0.4 is 0 Å². The van der Waals surface area contributed by atoms with Crippen molar-refractivity contribution >= 4 is 5.71 Å². The molecule has 122 valence electrons. The molecule has 4 saturated carbocycles. The van der Waals surface area contributed by atoms with Crippen LogP contribution >= 0.6 is 0 Å². The first-order valence-corrected chi connectivity index (χ1v) is 9.44. The summed E-state index contributed by atoms with van der Waals surface area (Å²) in [5.41, 5.74) is 1.94. The van der Waals surface area contributed by atoms with Gasteiger partial charge in [-0.1, -0.05) is 25.4 Å². The third kappa shape index (κ3) is 1.37. The van der Waals surface area contributed by atoms with Gasteiger partial charge in [-0.2, -0.15) is 0 Å². The SMILES string of the molecule is C[C@]12CC[C@H]3[C@@H](CC[C@@]45O[C@@H]4CCC[C@]35C)[C@@H]1CC/C2=N\O. The molecule has 0 aromatic rings. The van der Waals surface area contributed by atoms with Gasteiger partial charge in [0.1, 0.15) is 5.60 Å². The lowest BCUT2D eigenvalue weighted by molar-refractivity contribution is -0.0957. The van der Waals surface area contributed by atoms with Crippen LogP contribution in [0.15, 0.2) is 5.16 Å². The van der Waals surface area contributed by atoms with Crippen LogP contribution in [0, 0.1) is 28.6 Å². The highest BCUT2D eigenvalue weighted by atomic mass is 16.6. The Balaban J connectivity index is 1.51. The van der Waals surface area contributed by atoms with E-state index in [0.717, 1.165) is 29.9 Å². The highest BCUT2D eigenvalue weighted by molar-refractivity contribution is 5.91. The van der Waals surface area contributed by atoms with Crippen LogP contribution in [0.2, 0.25) is 0 Å². The molecule has 5 fully saturated rings. The number of oxime groups is 1. The van der Waals surface area contributed by atoms with E-state index < -0.39 is 0 Å². The molecule has 0 amide bonds. The summed E-state index contributed by atoms with van der Waals surface area (Å²) in [6.07, 6.45) is 12.0. The highest BCUT2D eigenvalue weighted by Crippen LogP contribution is 2.72. The first-order chi connectivity index (χ1) is 10.6. The summed E-state index contributed by atoms with van der Waals surface area (Å²) in [6, 6.07) is 0.